The standard InChI is InChI=1S/C12H26N2O/c1-3-9-15-10-11(14-13)12(2)7-5-4-6-8-12/h11,14H,3-10,13H2,1-2H3. The maximum Gasteiger partial charge on any atom is 0.0638 e. The number of ether oxygens (including phenoxy) is 1. The van der Waals surface area contributed by atoms with E-state index >= 15 is 0 Å². The zero-order valence-electron chi connectivity index (χ0n) is 10.2. The first-order valence-corrected chi connectivity index (χ1v) is 6.27. The molecule has 1 unspecified atom stereocenters. The van der Waals surface area contributed by atoms with Crippen LogP contribution in [0.25, 0.3) is 0 Å². The summed E-state index contributed by atoms with van der Waals surface area (Å²) in [5.41, 5.74) is 3.28. The molecule has 1 saturated carbocycles. The molecule has 1 atom stereocenters. The Morgan fingerprint density at radius 3 is 2.53 bits per heavy atom. The molecule has 1 fully saturated rings. The number of nitrogens with two attached hydrogens (primary N) is 1. The number of hydrazine groups is 1. The Morgan fingerprint density at radius 2 is 2.00 bits per heavy atom. The minimum absolute atomic E-state index is 0.310. The van der Waals surface area contributed by atoms with Crippen LogP contribution < -0.4 is 11.3 Å². The van der Waals surface area contributed by atoms with Gasteiger partial charge in [-0.3, -0.25) is 11.3 Å². The highest BCUT2D eigenvalue weighted by atomic mass is 16.5. The highest BCUT2D eigenvalue weighted by Crippen LogP contribution is 2.38. The lowest BCUT2D eigenvalue weighted by Crippen LogP contribution is -2.50. The molecule has 1 rings (SSSR count). The van der Waals surface area contributed by atoms with Crippen LogP contribution in [0.1, 0.15) is 52.4 Å². The smallest absolute Gasteiger partial charge is 0.0638 e. The van der Waals surface area contributed by atoms with Crippen molar-refractivity contribution in [2.75, 3.05) is 13.2 Å². The topological polar surface area (TPSA) is 47.3 Å². The van der Waals surface area contributed by atoms with Crippen LogP contribution in [0.5, 0.6) is 0 Å². The van der Waals surface area contributed by atoms with E-state index in [-0.39, 0.29) is 0 Å². The van der Waals surface area contributed by atoms with Crippen LogP contribution >= 0.6 is 0 Å². The first-order valence-electron chi connectivity index (χ1n) is 6.27. The molecular formula is C12H26N2O. The molecule has 0 aromatic heterocycles. The van der Waals surface area contributed by atoms with E-state index in [0.29, 0.717) is 11.5 Å². The van der Waals surface area contributed by atoms with E-state index in [1.807, 2.05) is 0 Å². The third-order valence-corrected chi connectivity index (χ3v) is 3.67. The van der Waals surface area contributed by atoms with Crippen molar-refractivity contribution in [2.45, 2.75) is 58.4 Å². The van der Waals surface area contributed by atoms with E-state index in [4.69, 9.17) is 10.6 Å². The van der Waals surface area contributed by atoms with Crippen molar-refractivity contribution in [2.24, 2.45) is 11.3 Å². The van der Waals surface area contributed by atoms with Crippen LogP contribution in [0.4, 0.5) is 0 Å². The van der Waals surface area contributed by atoms with Crippen molar-refractivity contribution in [3.8, 4) is 0 Å². The van der Waals surface area contributed by atoms with Crippen molar-refractivity contribution in [3.05, 3.63) is 0 Å². The van der Waals surface area contributed by atoms with Gasteiger partial charge >= 0.3 is 0 Å². The molecule has 0 radical (unpaired) electrons. The van der Waals surface area contributed by atoms with Crippen LogP contribution in [-0.2, 0) is 4.74 Å². The molecule has 15 heavy (non-hydrogen) atoms. The summed E-state index contributed by atoms with van der Waals surface area (Å²) < 4.78 is 5.61. The molecule has 90 valence electrons. The van der Waals surface area contributed by atoms with Gasteiger partial charge in [-0.05, 0) is 24.7 Å². The van der Waals surface area contributed by atoms with Crippen LogP contribution in [0, 0.1) is 5.41 Å². The number of nitrogens with one attached hydrogen (secondary N) is 1. The summed E-state index contributed by atoms with van der Waals surface area (Å²) in [5, 5.41) is 0. The largest absolute Gasteiger partial charge is 0.380 e. The Labute approximate surface area is 93.7 Å². The Hall–Kier alpha value is -0.120. The second-order valence-corrected chi connectivity index (χ2v) is 5.01. The Bertz CT molecular complexity index is 167. The lowest BCUT2D eigenvalue weighted by atomic mass is 9.71. The van der Waals surface area contributed by atoms with E-state index in [2.05, 4.69) is 19.3 Å². The van der Waals surface area contributed by atoms with Crippen LogP contribution in [-0.4, -0.2) is 19.3 Å². The molecule has 0 aromatic rings. The third kappa shape index (κ3) is 3.74. The van der Waals surface area contributed by atoms with Gasteiger partial charge in [0, 0.05) is 12.6 Å². The molecule has 0 bridgehead atoms. The minimum Gasteiger partial charge on any atom is -0.380 e. The van der Waals surface area contributed by atoms with Crippen molar-refractivity contribution in [3.63, 3.8) is 0 Å². The predicted octanol–water partition coefficient (Wildman–Crippen LogP) is 2.22. The summed E-state index contributed by atoms with van der Waals surface area (Å²) in [4.78, 5) is 0. The van der Waals surface area contributed by atoms with Crippen LogP contribution in [0.2, 0.25) is 0 Å². The minimum atomic E-state index is 0.310. The molecule has 0 aliphatic heterocycles. The summed E-state index contributed by atoms with van der Waals surface area (Å²) in [5.74, 6) is 5.64. The van der Waals surface area contributed by atoms with Gasteiger partial charge in [0.25, 0.3) is 0 Å². The predicted molar refractivity (Wildman–Crippen MR) is 63.4 cm³/mol. The molecule has 0 aromatic carbocycles. The molecule has 1 aliphatic rings. The molecule has 0 spiro atoms. The maximum atomic E-state index is 5.64. The van der Waals surface area contributed by atoms with Gasteiger partial charge in [-0.25, -0.2) is 0 Å². The lowest BCUT2D eigenvalue weighted by Gasteiger charge is -2.40. The van der Waals surface area contributed by atoms with E-state index in [9.17, 15) is 0 Å². The molecular weight excluding hydrogens is 188 g/mol. The highest BCUT2D eigenvalue weighted by Gasteiger charge is 2.34. The molecule has 0 saturated heterocycles. The van der Waals surface area contributed by atoms with Gasteiger partial charge in [-0.15, -0.1) is 0 Å². The number of rotatable bonds is 6. The van der Waals surface area contributed by atoms with Gasteiger partial charge in [0.05, 0.1) is 6.61 Å². The fourth-order valence-electron chi connectivity index (χ4n) is 2.50. The van der Waals surface area contributed by atoms with Crippen molar-refractivity contribution >= 4 is 0 Å². The van der Waals surface area contributed by atoms with Gasteiger partial charge in [0.2, 0.25) is 0 Å². The summed E-state index contributed by atoms with van der Waals surface area (Å²) >= 11 is 0. The fourth-order valence-corrected chi connectivity index (χ4v) is 2.50. The Morgan fingerprint density at radius 1 is 1.33 bits per heavy atom. The normalized spacial score (nSPS) is 22.6. The summed E-state index contributed by atoms with van der Waals surface area (Å²) in [6.45, 7) is 6.06. The second kappa shape index (κ2) is 6.46. The second-order valence-electron chi connectivity index (χ2n) is 5.01. The van der Waals surface area contributed by atoms with Gasteiger partial charge in [-0.1, -0.05) is 33.1 Å². The van der Waals surface area contributed by atoms with Crippen molar-refractivity contribution in [1.29, 1.82) is 0 Å². The first kappa shape index (κ1) is 12.9. The molecule has 3 heteroatoms. The zero-order chi connectivity index (χ0) is 11.1. The average molecular weight is 214 g/mol. The maximum absolute atomic E-state index is 5.64. The SMILES string of the molecule is CCCOCC(NN)C1(C)CCCCC1. The van der Waals surface area contributed by atoms with E-state index in [1.165, 1.54) is 32.1 Å². The zero-order valence-corrected chi connectivity index (χ0v) is 10.2. The number of hydrogen-bond acceptors (Lipinski definition) is 3. The monoisotopic (exact) mass is 214 g/mol. The van der Waals surface area contributed by atoms with E-state index in [0.717, 1.165) is 19.6 Å². The van der Waals surface area contributed by atoms with Crippen LogP contribution in [0.3, 0.4) is 0 Å². The van der Waals surface area contributed by atoms with Gasteiger partial charge in [0.1, 0.15) is 0 Å². The summed E-state index contributed by atoms with van der Waals surface area (Å²) in [6.07, 6.45) is 7.68. The molecule has 3 N–H and O–H groups in total. The molecule has 0 heterocycles. The molecule has 3 nitrogen and oxygen atoms in total. The van der Waals surface area contributed by atoms with Crippen molar-refractivity contribution in [1.82, 2.24) is 5.43 Å². The van der Waals surface area contributed by atoms with Gasteiger partial charge < -0.3 is 4.74 Å². The van der Waals surface area contributed by atoms with Gasteiger partial charge in [-0.2, -0.15) is 0 Å². The molecule has 1 aliphatic carbocycles. The quantitative estimate of drug-likeness (QED) is 0.405. The third-order valence-electron chi connectivity index (χ3n) is 3.67. The molecule has 0 amide bonds. The van der Waals surface area contributed by atoms with Crippen molar-refractivity contribution < 1.29 is 4.74 Å². The lowest BCUT2D eigenvalue weighted by molar-refractivity contribution is 0.0450. The highest BCUT2D eigenvalue weighted by molar-refractivity contribution is 4.88. The summed E-state index contributed by atoms with van der Waals surface area (Å²) in [6, 6.07) is 0.310. The van der Waals surface area contributed by atoms with Gasteiger partial charge in [0.15, 0.2) is 0 Å². The Kier molecular flexibility index (Phi) is 5.58. The van der Waals surface area contributed by atoms with Crippen LogP contribution in [0.15, 0.2) is 0 Å². The summed E-state index contributed by atoms with van der Waals surface area (Å²) in [7, 11) is 0. The Balaban J connectivity index is 2.40. The fraction of sp³-hybridized carbons (Fsp3) is 1.00. The first-order chi connectivity index (χ1) is 7.23. The average Bonchev–Trinajstić information content (AvgIpc) is 2.25. The van der Waals surface area contributed by atoms with E-state index in [1.54, 1.807) is 0 Å². The number of hydrogen-bond donors (Lipinski definition) is 2. The van der Waals surface area contributed by atoms with E-state index < -0.39 is 0 Å².